The fourth-order valence-electron chi connectivity index (χ4n) is 6.01. The van der Waals surface area contributed by atoms with Gasteiger partial charge in [-0.3, -0.25) is 0 Å². The first-order valence-electron chi connectivity index (χ1n) is 17.4. The van der Waals surface area contributed by atoms with Gasteiger partial charge in [-0.2, -0.15) is 0 Å². The summed E-state index contributed by atoms with van der Waals surface area (Å²) in [5.41, 5.74) is 5.46. The first-order chi connectivity index (χ1) is 24.4. The van der Waals surface area contributed by atoms with Crippen LogP contribution in [0, 0.1) is 0 Å². The van der Waals surface area contributed by atoms with Gasteiger partial charge in [0.25, 0.3) is 0 Å². The summed E-state index contributed by atoms with van der Waals surface area (Å²) in [5, 5.41) is 0. The second kappa shape index (κ2) is 17.6. The van der Waals surface area contributed by atoms with Crippen molar-refractivity contribution in [2.75, 3.05) is 6.61 Å². The van der Waals surface area contributed by atoms with Gasteiger partial charge in [-0.1, -0.05) is 154 Å². The van der Waals surface area contributed by atoms with E-state index in [2.05, 4.69) is 69.3 Å². The molecule has 0 amide bonds. The second-order valence-electron chi connectivity index (χ2n) is 13.7. The molecular weight excluding hydrogens is 624 g/mol. The van der Waals surface area contributed by atoms with Crippen molar-refractivity contribution >= 4 is 0 Å². The van der Waals surface area contributed by atoms with Gasteiger partial charge in [0, 0.05) is 0 Å². The molecule has 50 heavy (non-hydrogen) atoms. The van der Waals surface area contributed by atoms with Gasteiger partial charge in [0.05, 0.1) is 33.0 Å². The van der Waals surface area contributed by atoms with Gasteiger partial charge >= 0.3 is 0 Å². The zero-order chi connectivity index (χ0) is 34.6. The van der Waals surface area contributed by atoms with Crippen LogP contribution in [0.1, 0.15) is 48.6 Å². The standard InChI is InChI=1S/C44H48O6/c1-44(2,3)37-24-26-38(27-25-37)49-43-42(48-31-36-22-14-7-15-23-36)41(47-30-35-20-12-6-13-21-35)40(46-29-34-18-10-5-11-19-34)39(50-43)32-45-28-33-16-8-4-9-17-33/h4-27,39-43H,28-32H2,1-3H3/t39?,40-,41?,42?,43+/m0/s1. The van der Waals surface area contributed by atoms with E-state index in [1.165, 1.54) is 5.56 Å². The van der Waals surface area contributed by atoms with Crippen molar-refractivity contribution in [3.8, 4) is 5.75 Å². The van der Waals surface area contributed by atoms with Gasteiger partial charge in [0.2, 0.25) is 6.29 Å². The first kappa shape index (κ1) is 35.5. The molecule has 260 valence electrons. The lowest BCUT2D eigenvalue weighted by atomic mass is 9.87. The van der Waals surface area contributed by atoms with Gasteiger partial charge in [-0.15, -0.1) is 0 Å². The molecule has 6 heteroatoms. The Kier molecular flexibility index (Phi) is 12.5. The highest BCUT2D eigenvalue weighted by Crippen LogP contribution is 2.33. The highest BCUT2D eigenvalue weighted by atomic mass is 16.7. The van der Waals surface area contributed by atoms with Crippen molar-refractivity contribution in [1.82, 2.24) is 0 Å². The van der Waals surface area contributed by atoms with Gasteiger partial charge in [0.15, 0.2) is 0 Å². The number of hydrogen-bond acceptors (Lipinski definition) is 6. The Labute approximate surface area is 296 Å². The second-order valence-corrected chi connectivity index (χ2v) is 13.7. The highest BCUT2D eigenvalue weighted by Gasteiger charge is 2.49. The van der Waals surface area contributed by atoms with Crippen molar-refractivity contribution in [3.63, 3.8) is 0 Å². The molecule has 5 atom stereocenters. The summed E-state index contributed by atoms with van der Waals surface area (Å²) in [4.78, 5) is 0. The number of hydrogen-bond donors (Lipinski definition) is 0. The van der Waals surface area contributed by atoms with E-state index in [0.29, 0.717) is 32.2 Å². The summed E-state index contributed by atoms with van der Waals surface area (Å²) in [6.45, 7) is 8.40. The smallest absolute Gasteiger partial charge is 0.229 e. The molecule has 1 aliphatic rings. The lowest BCUT2D eigenvalue weighted by Gasteiger charge is -2.45. The summed E-state index contributed by atoms with van der Waals surface area (Å²) < 4.78 is 40.1. The Morgan fingerprint density at radius 2 is 0.900 bits per heavy atom. The SMILES string of the molecule is CC(C)(C)c1ccc(O[C@@H]2OC(COCc3ccccc3)[C@H](OCc3ccccc3)C(OCc3ccccc3)C2OCc2ccccc2)cc1. The van der Waals surface area contributed by atoms with E-state index in [0.717, 1.165) is 22.3 Å². The van der Waals surface area contributed by atoms with Crippen LogP contribution in [0.25, 0.3) is 0 Å². The molecule has 1 heterocycles. The Hall–Kier alpha value is -4.30. The van der Waals surface area contributed by atoms with Crippen LogP contribution in [-0.4, -0.2) is 37.3 Å². The maximum atomic E-state index is 6.83. The Morgan fingerprint density at radius 3 is 1.36 bits per heavy atom. The van der Waals surface area contributed by atoms with Crippen LogP contribution in [-0.2, 0) is 55.5 Å². The zero-order valence-corrected chi connectivity index (χ0v) is 29.2. The third-order valence-corrected chi connectivity index (χ3v) is 8.81. The predicted octanol–water partition coefficient (Wildman–Crippen LogP) is 9.06. The lowest BCUT2D eigenvalue weighted by Crippen LogP contribution is -2.62. The van der Waals surface area contributed by atoms with Crippen molar-refractivity contribution in [2.24, 2.45) is 0 Å². The maximum absolute atomic E-state index is 6.83. The van der Waals surface area contributed by atoms with Crippen molar-refractivity contribution in [1.29, 1.82) is 0 Å². The molecule has 0 N–H and O–H groups in total. The summed E-state index contributed by atoms with van der Waals surface area (Å²) in [5.74, 6) is 0.686. The molecule has 1 saturated heterocycles. The fourth-order valence-corrected chi connectivity index (χ4v) is 6.01. The van der Waals surface area contributed by atoms with E-state index in [9.17, 15) is 0 Å². The number of rotatable bonds is 15. The molecule has 0 aromatic heterocycles. The molecule has 1 aliphatic heterocycles. The van der Waals surface area contributed by atoms with E-state index in [-0.39, 0.29) is 12.0 Å². The normalized spacial score (nSPS) is 20.7. The minimum atomic E-state index is -0.804. The van der Waals surface area contributed by atoms with Crippen LogP contribution in [0.4, 0.5) is 0 Å². The largest absolute Gasteiger partial charge is 0.462 e. The number of benzene rings is 5. The molecule has 0 spiro atoms. The van der Waals surface area contributed by atoms with E-state index >= 15 is 0 Å². The molecule has 1 fully saturated rings. The molecule has 0 saturated carbocycles. The van der Waals surface area contributed by atoms with Crippen molar-refractivity contribution < 1.29 is 28.4 Å². The molecule has 5 aromatic carbocycles. The lowest BCUT2D eigenvalue weighted by molar-refractivity contribution is -0.310. The Bertz CT molecular complexity index is 1670. The molecule has 0 bridgehead atoms. The number of ether oxygens (including phenoxy) is 6. The first-order valence-corrected chi connectivity index (χ1v) is 17.4. The molecule has 6 rings (SSSR count). The van der Waals surface area contributed by atoms with E-state index in [1.54, 1.807) is 0 Å². The molecular formula is C44H48O6. The predicted molar refractivity (Wildman–Crippen MR) is 196 cm³/mol. The quantitative estimate of drug-likeness (QED) is 0.111. The van der Waals surface area contributed by atoms with Crippen LogP contribution < -0.4 is 4.74 Å². The molecule has 0 radical (unpaired) electrons. The van der Waals surface area contributed by atoms with Crippen molar-refractivity contribution in [3.05, 3.63) is 173 Å². The summed E-state index contributed by atoms with van der Waals surface area (Å²) in [7, 11) is 0. The Balaban J connectivity index is 1.33. The van der Waals surface area contributed by atoms with Crippen molar-refractivity contribution in [2.45, 2.75) is 83.3 Å². The fraction of sp³-hybridized carbons (Fsp3) is 0.318. The minimum absolute atomic E-state index is 0.0159. The molecule has 3 unspecified atom stereocenters. The van der Waals surface area contributed by atoms with Crippen LogP contribution in [0.5, 0.6) is 5.75 Å². The van der Waals surface area contributed by atoms with Crippen LogP contribution in [0.3, 0.4) is 0 Å². The third-order valence-electron chi connectivity index (χ3n) is 8.81. The average molecular weight is 673 g/mol. The van der Waals surface area contributed by atoms with E-state index < -0.39 is 30.7 Å². The van der Waals surface area contributed by atoms with Gasteiger partial charge in [-0.25, -0.2) is 0 Å². The highest BCUT2D eigenvalue weighted by molar-refractivity contribution is 5.31. The molecule has 0 aliphatic carbocycles. The van der Waals surface area contributed by atoms with Crippen LogP contribution in [0.15, 0.2) is 146 Å². The van der Waals surface area contributed by atoms with E-state index in [1.807, 2.05) is 97.1 Å². The van der Waals surface area contributed by atoms with Gasteiger partial charge in [-0.05, 0) is 45.4 Å². The monoisotopic (exact) mass is 672 g/mol. The van der Waals surface area contributed by atoms with Gasteiger partial charge < -0.3 is 28.4 Å². The van der Waals surface area contributed by atoms with Gasteiger partial charge in [0.1, 0.15) is 30.2 Å². The minimum Gasteiger partial charge on any atom is -0.462 e. The topological polar surface area (TPSA) is 55.4 Å². The average Bonchev–Trinajstić information content (AvgIpc) is 3.14. The third kappa shape index (κ3) is 10.1. The zero-order valence-electron chi connectivity index (χ0n) is 29.2. The Morgan fingerprint density at radius 1 is 0.480 bits per heavy atom. The van der Waals surface area contributed by atoms with E-state index in [4.69, 9.17) is 28.4 Å². The van der Waals surface area contributed by atoms with Crippen LogP contribution in [0.2, 0.25) is 0 Å². The molecule has 6 nitrogen and oxygen atoms in total. The summed E-state index contributed by atoms with van der Waals surface area (Å²) in [6.07, 6.45) is -3.04. The summed E-state index contributed by atoms with van der Waals surface area (Å²) >= 11 is 0. The van der Waals surface area contributed by atoms with Crippen LogP contribution >= 0.6 is 0 Å². The summed E-state index contributed by atoms with van der Waals surface area (Å²) in [6, 6.07) is 48.8. The molecule has 5 aromatic rings. The maximum Gasteiger partial charge on any atom is 0.229 e.